The van der Waals surface area contributed by atoms with Crippen molar-refractivity contribution in [2.45, 2.75) is 13.5 Å². The smallest absolute Gasteiger partial charge is 0.287 e. The van der Waals surface area contributed by atoms with Crippen molar-refractivity contribution in [3.05, 3.63) is 68.4 Å². The average Bonchev–Trinajstić information content (AvgIpc) is 2.90. The second-order valence-electron chi connectivity index (χ2n) is 4.66. The van der Waals surface area contributed by atoms with Crippen LogP contribution in [0.4, 0.5) is 0 Å². The molecule has 0 N–H and O–H groups in total. The lowest BCUT2D eigenvalue weighted by Gasteiger charge is -2.03. The predicted molar refractivity (Wildman–Crippen MR) is 84.3 cm³/mol. The van der Waals surface area contributed by atoms with Gasteiger partial charge in [0.15, 0.2) is 0 Å². The highest BCUT2D eigenvalue weighted by Crippen LogP contribution is 2.22. The van der Waals surface area contributed by atoms with Gasteiger partial charge < -0.3 is 4.42 Å². The third kappa shape index (κ3) is 2.77. The topological polar surface area (TPSA) is 60.9 Å². The molecule has 0 unspecified atom stereocenters. The number of aryl methyl sites for hydroxylation is 1. The molecule has 7 heteroatoms. The van der Waals surface area contributed by atoms with Crippen LogP contribution in [0.3, 0.4) is 0 Å². The minimum atomic E-state index is -0.460. The first-order valence-electron chi connectivity index (χ1n) is 6.49. The number of hydrogen-bond donors (Lipinski definition) is 0. The number of nitrogens with zero attached hydrogens (tertiary/aromatic N) is 3. The maximum absolute atomic E-state index is 12.0. The van der Waals surface area contributed by atoms with Gasteiger partial charge in [-0.25, -0.2) is 9.67 Å². The van der Waals surface area contributed by atoms with Crippen molar-refractivity contribution in [3.63, 3.8) is 0 Å². The number of benzene rings is 1. The number of hydrogen-bond acceptors (Lipinski definition) is 4. The first-order chi connectivity index (χ1) is 10.6. The SMILES string of the molecule is Cc1oc(-c2ccccc2)nc1Cn1ncc(Cl)c(Cl)c1=O. The number of halogens is 2. The second-order valence-corrected chi connectivity index (χ2v) is 5.44. The van der Waals surface area contributed by atoms with Gasteiger partial charge in [0.2, 0.25) is 5.89 Å². The zero-order valence-electron chi connectivity index (χ0n) is 11.6. The molecule has 0 aliphatic carbocycles. The van der Waals surface area contributed by atoms with Gasteiger partial charge in [-0.05, 0) is 19.1 Å². The van der Waals surface area contributed by atoms with E-state index in [2.05, 4.69) is 10.1 Å². The van der Waals surface area contributed by atoms with E-state index in [0.717, 1.165) is 5.56 Å². The Kier molecular flexibility index (Phi) is 4.00. The van der Waals surface area contributed by atoms with Crippen molar-refractivity contribution in [2.75, 3.05) is 0 Å². The fourth-order valence-corrected chi connectivity index (χ4v) is 2.25. The molecule has 0 atom stereocenters. The fraction of sp³-hybridized carbons (Fsp3) is 0.133. The van der Waals surface area contributed by atoms with Crippen LogP contribution in [-0.2, 0) is 6.54 Å². The zero-order chi connectivity index (χ0) is 15.7. The molecule has 0 aliphatic heterocycles. The monoisotopic (exact) mass is 335 g/mol. The number of rotatable bonds is 3. The molecule has 0 radical (unpaired) electrons. The summed E-state index contributed by atoms with van der Waals surface area (Å²) < 4.78 is 6.86. The minimum Gasteiger partial charge on any atom is -0.441 e. The summed E-state index contributed by atoms with van der Waals surface area (Å²) in [7, 11) is 0. The van der Waals surface area contributed by atoms with E-state index in [1.165, 1.54) is 10.9 Å². The van der Waals surface area contributed by atoms with Crippen molar-refractivity contribution in [1.29, 1.82) is 0 Å². The van der Waals surface area contributed by atoms with Crippen molar-refractivity contribution < 1.29 is 4.42 Å². The van der Waals surface area contributed by atoms with Gasteiger partial charge in [-0.2, -0.15) is 5.10 Å². The van der Waals surface area contributed by atoms with E-state index in [0.29, 0.717) is 17.3 Å². The molecular formula is C15H11Cl2N3O2. The molecule has 0 saturated heterocycles. The molecule has 3 rings (SSSR count). The lowest BCUT2D eigenvalue weighted by molar-refractivity contribution is 0.534. The lowest BCUT2D eigenvalue weighted by Crippen LogP contribution is -2.24. The molecule has 0 fully saturated rings. The van der Waals surface area contributed by atoms with Crippen LogP contribution in [0.5, 0.6) is 0 Å². The van der Waals surface area contributed by atoms with Gasteiger partial charge in [0, 0.05) is 5.56 Å². The minimum absolute atomic E-state index is 0.0545. The maximum Gasteiger partial charge on any atom is 0.287 e. The third-order valence-corrected chi connectivity index (χ3v) is 3.90. The van der Waals surface area contributed by atoms with Crippen LogP contribution >= 0.6 is 23.2 Å². The Morgan fingerprint density at radius 3 is 2.68 bits per heavy atom. The highest BCUT2D eigenvalue weighted by atomic mass is 35.5. The molecule has 3 aromatic rings. The molecule has 0 aliphatic rings. The van der Waals surface area contributed by atoms with E-state index in [1.807, 2.05) is 30.3 Å². The molecular weight excluding hydrogens is 325 g/mol. The highest BCUT2D eigenvalue weighted by Gasteiger charge is 2.14. The molecule has 22 heavy (non-hydrogen) atoms. The Bertz CT molecular complexity index is 872. The molecule has 112 valence electrons. The van der Waals surface area contributed by atoms with Gasteiger partial charge in [-0.3, -0.25) is 4.79 Å². The normalized spacial score (nSPS) is 10.9. The first-order valence-corrected chi connectivity index (χ1v) is 7.24. The van der Waals surface area contributed by atoms with E-state index in [9.17, 15) is 4.79 Å². The Balaban J connectivity index is 1.96. The summed E-state index contributed by atoms with van der Waals surface area (Å²) in [5.41, 5.74) is 1.02. The van der Waals surface area contributed by atoms with Crippen LogP contribution in [0.15, 0.2) is 45.7 Å². The molecule has 2 heterocycles. The van der Waals surface area contributed by atoms with E-state index in [1.54, 1.807) is 6.92 Å². The van der Waals surface area contributed by atoms with Gasteiger partial charge in [0.05, 0.1) is 17.8 Å². The molecule has 2 aromatic heterocycles. The van der Waals surface area contributed by atoms with Gasteiger partial charge in [0.25, 0.3) is 5.56 Å². The Labute approximate surface area is 136 Å². The van der Waals surface area contributed by atoms with Crippen LogP contribution < -0.4 is 5.56 Å². The Morgan fingerprint density at radius 2 is 1.95 bits per heavy atom. The van der Waals surface area contributed by atoms with Crippen molar-refractivity contribution in [1.82, 2.24) is 14.8 Å². The van der Waals surface area contributed by atoms with Crippen molar-refractivity contribution in [3.8, 4) is 11.5 Å². The second kappa shape index (κ2) is 5.94. The van der Waals surface area contributed by atoms with Gasteiger partial charge in [0.1, 0.15) is 16.5 Å². The summed E-state index contributed by atoms with van der Waals surface area (Å²) in [6.07, 6.45) is 1.33. The molecule has 0 saturated carbocycles. The lowest BCUT2D eigenvalue weighted by atomic mass is 10.2. The first kappa shape index (κ1) is 14.8. The van der Waals surface area contributed by atoms with Crippen molar-refractivity contribution >= 4 is 23.2 Å². The predicted octanol–water partition coefficient (Wildman–Crippen LogP) is 3.56. The zero-order valence-corrected chi connectivity index (χ0v) is 13.1. The quantitative estimate of drug-likeness (QED) is 0.734. The molecule has 0 spiro atoms. The van der Waals surface area contributed by atoms with Crippen LogP contribution in [0.25, 0.3) is 11.5 Å². The van der Waals surface area contributed by atoms with E-state index >= 15 is 0 Å². The summed E-state index contributed by atoms with van der Waals surface area (Å²) in [5, 5.41) is 4.04. The summed E-state index contributed by atoms with van der Waals surface area (Å²) in [5.74, 6) is 1.12. The largest absolute Gasteiger partial charge is 0.441 e. The van der Waals surface area contributed by atoms with Gasteiger partial charge in [-0.15, -0.1) is 0 Å². The standard InChI is InChI=1S/C15H11Cl2N3O2/c1-9-12(8-20-15(21)13(17)11(16)7-18-20)19-14(22-9)10-5-3-2-4-6-10/h2-7H,8H2,1H3. The summed E-state index contributed by atoms with van der Waals surface area (Å²) >= 11 is 11.6. The maximum atomic E-state index is 12.0. The van der Waals surface area contributed by atoms with E-state index in [-0.39, 0.29) is 16.6 Å². The third-order valence-electron chi connectivity index (χ3n) is 3.16. The Morgan fingerprint density at radius 1 is 1.23 bits per heavy atom. The molecule has 0 amide bonds. The molecule has 0 bridgehead atoms. The summed E-state index contributed by atoms with van der Waals surface area (Å²) in [6, 6.07) is 9.52. The van der Waals surface area contributed by atoms with Gasteiger partial charge in [-0.1, -0.05) is 41.4 Å². The van der Waals surface area contributed by atoms with Crippen LogP contribution in [0.2, 0.25) is 10.0 Å². The van der Waals surface area contributed by atoms with Crippen LogP contribution in [-0.4, -0.2) is 14.8 Å². The van der Waals surface area contributed by atoms with E-state index in [4.69, 9.17) is 27.6 Å². The van der Waals surface area contributed by atoms with Crippen LogP contribution in [0, 0.1) is 6.92 Å². The van der Waals surface area contributed by atoms with Crippen LogP contribution in [0.1, 0.15) is 11.5 Å². The average molecular weight is 336 g/mol. The highest BCUT2D eigenvalue weighted by molar-refractivity contribution is 6.41. The van der Waals surface area contributed by atoms with E-state index < -0.39 is 5.56 Å². The summed E-state index contributed by atoms with van der Waals surface area (Å²) in [6.45, 7) is 1.95. The Hall–Kier alpha value is -2.11. The summed E-state index contributed by atoms with van der Waals surface area (Å²) in [4.78, 5) is 16.4. The molecule has 1 aromatic carbocycles. The fourth-order valence-electron chi connectivity index (χ4n) is 1.98. The number of oxazole rings is 1. The number of aromatic nitrogens is 3. The van der Waals surface area contributed by atoms with Gasteiger partial charge >= 0.3 is 0 Å². The molecule has 5 nitrogen and oxygen atoms in total. The van der Waals surface area contributed by atoms with Crippen molar-refractivity contribution in [2.24, 2.45) is 0 Å².